The van der Waals surface area contributed by atoms with Crippen LogP contribution in [-0.4, -0.2) is 0 Å². The molecule has 0 radical (unpaired) electrons. The summed E-state index contributed by atoms with van der Waals surface area (Å²) >= 11 is 0.971. The van der Waals surface area contributed by atoms with Gasteiger partial charge in [0.1, 0.15) is 17.5 Å². The summed E-state index contributed by atoms with van der Waals surface area (Å²) in [7, 11) is 0. The van der Waals surface area contributed by atoms with Gasteiger partial charge >= 0.3 is 0 Å². The molecule has 18 heavy (non-hydrogen) atoms. The maximum Gasteiger partial charge on any atom is 0.137 e. The zero-order valence-electron chi connectivity index (χ0n) is 9.51. The van der Waals surface area contributed by atoms with Crippen LogP contribution in [0.1, 0.15) is 5.56 Å². The van der Waals surface area contributed by atoms with Gasteiger partial charge in [0.2, 0.25) is 0 Å². The van der Waals surface area contributed by atoms with E-state index in [1.807, 2.05) is 0 Å². The molecular formula is C13H10F3NS. The molecule has 1 nitrogen and oxygen atoms in total. The van der Waals surface area contributed by atoms with E-state index in [2.05, 4.69) is 0 Å². The topological polar surface area (TPSA) is 26.0 Å². The number of hydrogen-bond donors (Lipinski definition) is 1. The summed E-state index contributed by atoms with van der Waals surface area (Å²) in [6, 6.07) is 5.86. The Kier molecular flexibility index (Phi) is 3.52. The van der Waals surface area contributed by atoms with Crippen LogP contribution < -0.4 is 5.73 Å². The van der Waals surface area contributed by atoms with Gasteiger partial charge in [-0.25, -0.2) is 13.2 Å². The lowest BCUT2D eigenvalue weighted by Crippen LogP contribution is -1.93. The molecule has 0 spiro atoms. The van der Waals surface area contributed by atoms with Crippen molar-refractivity contribution >= 4 is 17.4 Å². The lowest BCUT2D eigenvalue weighted by Gasteiger charge is -2.08. The molecular weight excluding hydrogens is 259 g/mol. The molecule has 0 saturated carbocycles. The van der Waals surface area contributed by atoms with Crippen LogP contribution in [0.2, 0.25) is 0 Å². The minimum absolute atomic E-state index is 0.118. The van der Waals surface area contributed by atoms with Gasteiger partial charge in [-0.3, -0.25) is 0 Å². The number of rotatable bonds is 2. The van der Waals surface area contributed by atoms with Gasteiger partial charge in [0.25, 0.3) is 0 Å². The average molecular weight is 269 g/mol. The molecule has 0 heterocycles. The summed E-state index contributed by atoms with van der Waals surface area (Å²) < 4.78 is 39.7. The van der Waals surface area contributed by atoms with Gasteiger partial charge in [-0.1, -0.05) is 11.8 Å². The van der Waals surface area contributed by atoms with Gasteiger partial charge in [0.05, 0.1) is 4.90 Å². The van der Waals surface area contributed by atoms with Gasteiger partial charge in [0.15, 0.2) is 0 Å². The first-order valence-electron chi connectivity index (χ1n) is 5.16. The van der Waals surface area contributed by atoms with Crippen molar-refractivity contribution in [2.45, 2.75) is 16.7 Å². The van der Waals surface area contributed by atoms with E-state index in [1.165, 1.54) is 12.1 Å². The van der Waals surface area contributed by atoms with E-state index >= 15 is 0 Å². The second-order valence-corrected chi connectivity index (χ2v) is 4.90. The summed E-state index contributed by atoms with van der Waals surface area (Å²) in [5.74, 6) is -1.49. The van der Waals surface area contributed by atoms with Crippen molar-refractivity contribution in [3.05, 3.63) is 53.3 Å². The summed E-state index contributed by atoms with van der Waals surface area (Å²) in [6.07, 6.45) is 0. The third kappa shape index (κ3) is 2.61. The zero-order valence-corrected chi connectivity index (χ0v) is 10.3. The number of aryl methyl sites for hydroxylation is 1. The van der Waals surface area contributed by atoms with Crippen LogP contribution in [0.25, 0.3) is 0 Å². The Balaban J connectivity index is 2.40. The van der Waals surface area contributed by atoms with Crippen LogP contribution >= 0.6 is 11.8 Å². The maximum absolute atomic E-state index is 13.5. The second kappa shape index (κ2) is 4.94. The van der Waals surface area contributed by atoms with E-state index < -0.39 is 17.5 Å². The highest BCUT2D eigenvalue weighted by molar-refractivity contribution is 7.99. The molecule has 5 heteroatoms. The first-order chi connectivity index (χ1) is 8.47. The zero-order chi connectivity index (χ0) is 13.3. The molecule has 2 rings (SSSR count). The predicted octanol–water partition coefficient (Wildman–Crippen LogP) is 4.15. The number of benzene rings is 2. The van der Waals surface area contributed by atoms with Crippen LogP contribution in [-0.2, 0) is 0 Å². The number of nitrogens with two attached hydrogens (primary N) is 1. The van der Waals surface area contributed by atoms with E-state index in [4.69, 9.17) is 5.73 Å². The van der Waals surface area contributed by atoms with Crippen LogP contribution in [0.5, 0.6) is 0 Å². The van der Waals surface area contributed by atoms with E-state index in [1.54, 1.807) is 6.92 Å². The normalized spacial score (nSPS) is 10.7. The first kappa shape index (κ1) is 12.8. The van der Waals surface area contributed by atoms with E-state index in [9.17, 15) is 13.2 Å². The fourth-order valence-corrected chi connectivity index (χ4v) is 2.42. The molecule has 0 fully saturated rings. The van der Waals surface area contributed by atoms with Crippen LogP contribution in [0, 0.1) is 24.4 Å². The number of hydrogen-bond acceptors (Lipinski definition) is 2. The number of nitrogen functional groups attached to an aromatic ring is 1. The Morgan fingerprint density at radius 2 is 1.67 bits per heavy atom. The molecule has 0 aliphatic carbocycles. The molecule has 0 aliphatic heterocycles. The Morgan fingerprint density at radius 1 is 0.944 bits per heavy atom. The maximum atomic E-state index is 13.5. The summed E-state index contributed by atoms with van der Waals surface area (Å²) in [5.41, 5.74) is 6.26. The second-order valence-electron chi connectivity index (χ2n) is 3.82. The van der Waals surface area contributed by atoms with Crippen molar-refractivity contribution in [2.75, 3.05) is 5.73 Å². The fourth-order valence-electron chi connectivity index (χ4n) is 1.43. The van der Waals surface area contributed by atoms with Gasteiger partial charge in [-0.05, 0) is 42.8 Å². The van der Waals surface area contributed by atoms with Crippen LogP contribution in [0.3, 0.4) is 0 Å². The van der Waals surface area contributed by atoms with Crippen molar-refractivity contribution in [2.24, 2.45) is 0 Å². The highest BCUT2D eigenvalue weighted by Gasteiger charge is 2.10. The molecule has 0 atom stereocenters. The smallest absolute Gasteiger partial charge is 0.137 e. The monoisotopic (exact) mass is 269 g/mol. The highest BCUT2D eigenvalue weighted by atomic mass is 32.2. The van der Waals surface area contributed by atoms with Gasteiger partial charge in [-0.2, -0.15) is 0 Å². The van der Waals surface area contributed by atoms with E-state index in [0.717, 1.165) is 30.0 Å². The van der Waals surface area contributed by atoms with Gasteiger partial charge < -0.3 is 5.73 Å². The van der Waals surface area contributed by atoms with Crippen LogP contribution in [0.15, 0.2) is 40.1 Å². The molecule has 0 unspecified atom stereocenters. The molecule has 94 valence electrons. The fraction of sp³-hybridized carbons (Fsp3) is 0.0769. The molecule has 2 N–H and O–H groups in total. The van der Waals surface area contributed by atoms with Gasteiger partial charge in [-0.15, -0.1) is 0 Å². The Morgan fingerprint density at radius 3 is 2.39 bits per heavy atom. The molecule has 0 aliphatic rings. The van der Waals surface area contributed by atoms with Crippen LogP contribution in [0.4, 0.5) is 18.9 Å². The minimum Gasteiger partial charge on any atom is -0.398 e. The highest BCUT2D eigenvalue weighted by Crippen LogP contribution is 2.35. The van der Waals surface area contributed by atoms with Crippen molar-refractivity contribution in [1.82, 2.24) is 0 Å². The van der Waals surface area contributed by atoms with E-state index in [0.29, 0.717) is 10.5 Å². The Bertz CT molecular complexity index is 599. The van der Waals surface area contributed by atoms with Crippen molar-refractivity contribution < 1.29 is 13.2 Å². The molecule has 2 aromatic rings. The Labute approximate surface area is 107 Å². The third-order valence-corrected chi connectivity index (χ3v) is 3.51. The molecule has 0 aromatic heterocycles. The van der Waals surface area contributed by atoms with E-state index in [-0.39, 0.29) is 10.6 Å². The predicted molar refractivity (Wildman–Crippen MR) is 66.0 cm³/mol. The molecule has 0 amide bonds. The first-order valence-corrected chi connectivity index (χ1v) is 5.97. The molecule has 2 aromatic carbocycles. The minimum atomic E-state index is -0.539. The molecule has 0 bridgehead atoms. The van der Waals surface area contributed by atoms with Crippen molar-refractivity contribution in [3.8, 4) is 0 Å². The quantitative estimate of drug-likeness (QED) is 0.829. The average Bonchev–Trinajstić information content (AvgIpc) is 2.30. The third-order valence-electron chi connectivity index (χ3n) is 2.40. The summed E-state index contributed by atoms with van der Waals surface area (Å²) in [4.78, 5) is 0.617. The van der Waals surface area contributed by atoms with Gasteiger partial charge in [0, 0.05) is 10.6 Å². The standard InChI is InChI=1S/C13H10F3NS/c1-7-4-13(11(17)6-10(7)16)18-12-5-8(14)2-3-9(12)15/h2-6H,17H2,1H3. The SMILES string of the molecule is Cc1cc(Sc2cc(F)ccc2F)c(N)cc1F. The number of anilines is 1. The summed E-state index contributed by atoms with van der Waals surface area (Å²) in [6.45, 7) is 1.58. The number of halogens is 3. The Hall–Kier alpha value is -1.62. The van der Waals surface area contributed by atoms with Crippen molar-refractivity contribution in [1.29, 1.82) is 0 Å². The largest absolute Gasteiger partial charge is 0.398 e. The lowest BCUT2D eigenvalue weighted by atomic mass is 10.2. The summed E-state index contributed by atoms with van der Waals surface area (Å²) in [5, 5.41) is 0. The van der Waals surface area contributed by atoms with Crippen molar-refractivity contribution in [3.63, 3.8) is 0 Å². The lowest BCUT2D eigenvalue weighted by molar-refractivity contribution is 0.577. The molecule has 0 saturated heterocycles.